The smallest absolute Gasteiger partial charge is 0.266 e. The molecule has 0 fully saturated rings. The number of rotatable bonds is 3. The average molecular weight is 344 g/mol. The van der Waals surface area contributed by atoms with Crippen molar-refractivity contribution in [2.75, 3.05) is 4.72 Å². The highest BCUT2D eigenvalue weighted by Crippen LogP contribution is 2.22. The minimum Gasteiger partial charge on any atom is -0.326 e. The highest BCUT2D eigenvalue weighted by Gasteiger charge is 2.16. The number of nitrogens with one attached hydrogen (secondary N) is 2. The predicted octanol–water partition coefficient (Wildman–Crippen LogP) is 2.35. The average Bonchev–Trinajstić information content (AvgIpc) is 2.41. The standard InChI is InChI=1S/C12H7Cl2N3O3S/c13-10-3-8(2-1-7(10)5-15)17-21(19,20)9-4-11(14)12(18)16-6-9/h1-4,6,17H,(H,16,18). The second-order valence-corrected chi connectivity index (χ2v) is 6.42. The molecule has 0 aliphatic rings. The van der Waals surface area contributed by atoms with Crippen molar-refractivity contribution in [3.05, 3.63) is 56.4 Å². The normalized spacial score (nSPS) is 10.9. The van der Waals surface area contributed by atoms with Gasteiger partial charge in [-0.1, -0.05) is 23.2 Å². The van der Waals surface area contributed by atoms with Crippen LogP contribution in [0.1, 0.15) is 5.56 Å². The Morgan fingerprint density at radius 2 is 1.90 bits per heavy atom. The summed E-state index contributed by atoms with van der Waals surface area (Å²) in [7, 11) is -3.94. The second-order valence-electron chi connectivity index (χ2n) is 3.92. The molecule has 6 nitrogen and oxygen atoms in total. The fraction of sp³-hybridized carbons (Fsp3) is 0. The fourth-order valence-electron chi connectivity index (χ4n) is 1.48. The van der Waals surface area contributed by atoms with Gasteiger partial charge in [0, 0.05) is 6.20 Å². The SMILES string of the molecule is N#Cc1ccc(NS(=O)(=O)c2c[nH]c(=O)c(Cl)c2)cc1Cl. The first-order valence-electron chi connectivity index (χ1n) is 5.44. The van der Waals surface area contributed by atoms with Crippen molar-refractivity contribution >= 4 is 38.9 Å². The lowest BCUT2D eigenvalue weighted by molar-refractivity contribution is 0.600. The van der Waals surface area contributed by atoms with Crippen molar-refractivity contribution < 1.29 is 8.42 Å². The predicted molar refractivity (Wildman–Crippen MR) is 79.0 cm³/mol. The number of H-pyrrole nitrogens is 1. The lowest BCUT2D eigenvalue weighted by Gasteiger charge is -2.08. The van der Waals surface area contributed by atoms with E-state index in [2.05, 4.69) is 9.71 Å². The molecule has 2 N–H and O–H groups in total. The molecule has 0 saturated heterocycles. The van der Waals surface area contributed by atoms with Crippen LogP contribution in [-0.4, -0.2) is 13.4 Å². The summed E-state index contributed by atoms with van der Waals surface area (Å²) in [5.74, 6) is 0. The Hall–Kier alpha value is -2.01. The molecule has 0 aliphatic heterocycles. The molecule has 0 aliphatic carbocycles. The van der Waals surface area contributed by atoms with Crippen LogP contribution in [0.4, 0.5) is 5.69 Å². The van der Waals surface area contributed by atoms with Crippen LogP contribution >= 0.6 is 23.2 Å². The summed E-state index contributed by atoms with van der Waals surface area (Å²) in [5.41, 5.74) is -0.176. The quantitative estimate of drug-likeness (QED) is 0.892. The third kappa shape index (κ3) is 3.36. The third-order valence-electron chi connectivity index (χ3n) is 2.48. The van der Waals surface area contributed by atoms with E-state index in [0.29, 0.717) is 0 Å². The van der Waals surface area contributed by atoms with Gasteiger partial charge < -0.3 is 4.98 Å². The second kappa shape index (κ2) is 5.77. The Balaban J connectivity index is 2.37. The molecule has 0 amide bonds. The molecule has 108 valence electrons. The molecule has 0 bridgehead atoms. The minimum atomic E-state index is -3.94. The molecule has 0 saturated carbocycles. The van der Waals surface area contributed by atoms with Crippen LogP contribution in [-0.2, 0) is 10.0 Å². The van der Waals surface area contributed by atoms with Gasteiger partial charge in [0.05, 0.1) is 16.3 Å². The van der Waals surface area contributed by atoms with Crippen LogP contribution in [0.3, 0.4) is 0 Å². The van der Waals surface area contributed by atoms with E-state index in [-0.39, 0.29) is 26.2 Å². The Kier molecular flexibility index (Phi) is 4.23. The summed E-state index contributed by atoms with van der Waals surface area (Å²) in [4.78, 5) is 13.1. The number of benzene rings is 1. The maximum Gasteiger partial charge on any atom is 0.266 e. The van der Waals surface area contributed by atoms with E-state index in [9.17, 15) is 13.2 Å². The zero-order valence-electron chi connectivity index (χ0n) is 10.2. The van der Waals surface area contributed by atoms with Gasteiger partial charge in [-0.05, 0) is 24.3 Å². The lowest BCUT2D eigenvalue weighted by Crippen LogP contribution is -2.16. The Morgan fingerprint density at radius 3 is 2.48 bits per heavy atom. The van der Waals surface area contributed by atoms with Crippen molar-refractivity contribution in [3.63, 3.8) is 0 Å². The van der Waals surface area contributed by atoms with Crippen LogP contribution in [0.2, 0.25) is 10.0 Å². The van der Waals surface area contributed by atoms with Crippen molar-refractivity contribution in [1.29, 1.82) is 5.26 Å². The van der Waals surface area contributed by atoms with Crippen LogP contribution in [0, 0.1) is 11.3 Å². The first-order chi connectivity index (χ1) is 9.83. The number of aromatic nitrogens is 1. The van der Waals surface area contributed by atoms with Crippen LogP contribution < -0.4 is 10.3 Å². The molecule has 0 unspecified atom stereocenters. The van der Waals surface area contributed by atoms with Gasteiger partial charge in [-0.2, -0.15) is 5.26 Å². The monoisotopic (exact) mass is 343 g/mol. The Morgan fingerprint density at radius 1 is 1.19 bits per heavy atom. The molecular formula is C12H7Cl2N3O3S. The number of hydrogen-bond donors (Lipinski definition) is 2. The Bertz CT molecular complexity index is 901. The molecule has 1 aromatic carbocycles. The van der Waals surface area contributed by atoms with E-state index in [0.717, 1.165) is 12.3 Å². The number of hydrogen-bond acceptors (Lipinski definition) is 4. The van der Waals surface area contributed by atoms with Gasteiger partial charge in [0.1, 0.15) is 16.0 Å². The van der Waals surface area contributed by atoms with Gasteiger partial charge in [0.15, 0.2) is 0 Å². The molecule has 0 spiro atoms. The zero-order valence-corrected chi connectivity index (χ0v) is 12.6. The van der Waals surface area contributed by atoms with E-state index >= 15 is 0 Å². The van der Waals surface area contributed by atoms with E-state index in [1.54, 1.807) is 0 Å². The van der Waals surface area contributed by atoms with Gasteiger partial charge in [-0.3, -0.25) is 9.52 Å². The first kappa shape index (κ1) is 15.4. The number of halogens is 2. The van der Waals surface area contributed by atoms with Gasteiger partial charge in [0.2, 0.25) is 0 Å². The topological polar surface area (TPSA) is 103 Å². The number of sulfonamides is 1. The summed E-state index contributed by atoms with van der Waals surface area (Å²) in [6.07, 6.45) is 1.03. The molecular weight excluding hydrogens is 337 g/mol. The number of nitriles is 1. The number of nitrogens with zero attached hydrogens (tertiary/aromatic N) is 1. The fourth-order valence-corrected chi connectivity index (χ4v) is 2.98. The molecule has 21 heavy (non-hydrogen) atoms. The van der Waals surface area contributed by atoms with Crippen molar-refractivity contribution in [3.8, 4) is 6.07 Å². The van der Waals surface area contributed by atoms with E-state index in [4.69, 9.17) is 28.5 Å². The minimum absolute atomic E-state index is 0.122. The summed E-state index contributed by atoms with van der Waals surface area (Å²) < 4.78 is 26.5. The molecule has 2 rings (SSSR count). The molecule has 1 aromatic heterocycles. The lowest BCUT2D eigenvalue weighted by atomic mass is 10.2. The Labute approximate surface area is 130 Å². The van der Waals surface area contributed by atoms with Gasteiger partial charge in [-0.15, -0.1) is 0 Å². The summed E-state index contributed by atoms with van der Waals surface area (Å²) >= 11 is 11.4. The highest BCUT2D eigenvalue weighted by molar-refractivity contribution is 7.92. The van der Waals surface area contributed by atoms with Crippen molar-refractivity contribution in [2.24, 2.45) is 0 Å². The molecule has 2 aromatic rings. The molecule has 1 heterocycles. The summed E-state index contributed by atoms with van der Waals surface area (Å²) in [6.45, 7) is 0. The third-order valence-corrected chi connectivity index (χ3v) is 4.44. The van der Waals surface area contributed by atoms with Crippen LogP contribution in [0.15, 0.2) is 40.2 Å². The molecule has 0 radical (unpaired) electrons. The van der Waals surface area contributed by atoms with Gasteiger partial charge in [-0.25, -0.2) is 8.42 Å². The van der Waals surface area contributed by atoms with E-state index < -0.39 is 15.6 Å². The van der Waals surface area contributed by atoms with E-state index in [1.807, 2.05) is 6.07 Å². The maximum atomic E-state index is 12.1. The zero-order chi connectivity index (χ0) is 15.6. The number of aromatic amines is 1. The van der Waals surface area contributed by atoms with Gasteiger partial charge >= 0.3 is 0 Å². The van der Waals surface area contributed by atoms with E-state index in [1.165, 1.54) is 18.2 Å². The van der Waals surface area contributed by atoms with Crippen molar-refractivity contribution in [1.82, 2.24) is 4.98 Å². The molecule has 0 atom stereocenters. The number of pyridine rings is 1. The van der Waals surface area contributed by atoms with Gasteiger partial charge in [0.25, 0.3) is 15.6 Å². The maximum absolute atomic E-state index is 12.1. The van der Waals surface area contributed by atoms with Crippen LogP contribution in [0.25, 0.3) is 0 Å². The van der Waals surface area contributed by atoms with Crippen molar-refractivity contribution in [2.45, 2.75) is 4.90 Å². The summed E-state index contributed by atoms with van der Waals surface area (Å²) in [5, 5.41) is 8.64. The highest BCUT2D eigenvalue weighted by atomic mass is 35.5. The number of anilines is 1. The van der Waals surface area contributed by atoms with Crippen LogP contribution in [0.5, 0.6) is 0 Å². The largest absolute Gasteiger partial charge is 0.326 e. The first-order valence-corrected chi connectivity index (χ1v) is 7.68. The summed E-state index contributed by atoms with van der Waals surface area (Å²) in [6, 6.07) is 7.00. The molecule has 9 heteroatoms.